The van der Waals surface area contributed by atoms with E-state index in [1.807, 2.05) is 0 Å². The smallest absolute Gasteiger partial charge is 0.194 e. The van der Waals surface area contributed by atoms with E-state index in [-0.39, 0.29) is 0 Å². The quantitative estimate of drug-likeness (QED) is 0.310. The monoisotopic (exact) mass is 402 g/mol. The first kappa shape index (κ1) is 17.5. The predicted molar refractivity (Wildman–Crippen MR) is 121 cm³/mol. The molecule has 4 heteroatoms. The van der Waals surface area contributed by atoms with Gasteiger partial charge in [0.25, 0.3) is 0 Å². The van der Waals surface area contributed by atoms with Crippen molar-refractivity contribution in [3.05, 3.63) is 90.4 Å². The van der Waals surface area contributed by atoms with Crippen LogP contribution in [0.4, 0.5) is 0 Å². The fourth-order valence-electron chi connectivity index (χ4n) is 4.13. The molecule has 0 unspecified atom stereocenters. The molecule has 0 N–H and O–H groups in total. The lowest BCUT2D eigenvalue weighted by Crippen LogP contribution is -2.14. The second-order valence-electron chi connectivity index (χ2n) is 7.15. The van der Waals surface area contributed by atoms with Crippen molar-refractivity contribution in [2.24, 2.45) is 0 Å². The molecular formula is C24H22N2S2. The summed E-state index contributed by atoms with van der Waals surface area (Å²) in [6, 6.07) is 28.9. The van der Waals surface area contributed by atoms with E-state index >= 15 is 0 Å². The Labute approximate surface area is 170 Å². The number of hydrogen-bond acceptors (Lipinski definition) is 2. The van der Waals surface area contributed by atoms with E-state index in [0.29, 0.717) is 5.25 Å². The van der Waals surface area contributed by atoms with Gasteiger partial charge in [-0.05, 0) is 57.5 Å². The van der Waals surface area contributed by atoms with Gasteiger partial charge in [-0.15, -0.1) is 11.3 Å². The van der Waals surface area contributed by atoms with Gasteiger partial charge < -0.3 is 0 Å². The third-order valence-corrected chi connectivity index (χ3v) is 10.5. The topological polar surface area (TPSA) is 17.3 Å². The van der Waals surface area contributed by atoms with Crippen LogP contribution < -0.4 is 0 Å². The van der Waals surface area contributed by atoms with Gasteiger partial charge in [-0.1, -0.05) is 50.2 Å². The first-order valence-corrected chi connectivity index (χ1v) is 12.1. The standard InChI is InChI=1S/C24H22N2S2/c1-18(2)28(19-9-5-3-6-10-19,20-11-7-4-8-12-20)21-13-14-22-23(17-21)26-15-16-27-24(26)25-22/h3-18H,1-2H3. The number of nitrogens with zero attached hydrogens (tertiary/aromatic N) is 2. The number of rotatable bonds is 4. The number of fused-ring (bicyclic) bond motifs is 3. The molecule has 0 fully saturated rings. The largest absolute Gasteiger partial charge is 0.290 e. The maximum absolute atomic E-state index is 4.78. The number of benzene rings is 3. The summed E-state index contributed by atoms with van der Waals surface area (Å²) in [5.74, 6) is 0. The minimum absolute atomic E-state index is 0.459. The Morgan fingerprint density at radius 2 is 1.46 bits per heavy atom. The highest BCUT2D eigenvalue weighted by Crippen LogP contribution is 2.71. The summed E-state index contributed by atoms with van der Waals surface area (Å²) < 4.78 is 2.21. The molecule has 0 saturated carbocycles. The summed E-state index contributed by atoms with van der Waals surface area (Å²) in [6.45, 7) is 4.71. The van der Waals surface area contributed by atoms with Gasteiger partial charge in [0.15, 0.2) is 4.96 Å². The van der Waals surface area contributed by atoms with Crippen LogP contribution >= 0.6 is 21.4 Å². The minimum Gasteiger partial charge on any atom is -0.290 e. The fourth-order valence-corrected chi connectivity index (χ4v) is 9.06. The molecule has 0 atom stereocenters. The zero-order valence-corrected chi connectivity index (χ0v) is 17.6. The molecule has 2 nitrogen and oxygen atoms in total. The molecule has 0 spiro atoms. The van der Waals surface area contributed by atoms with Gasteiger partial charge in [0.05, 0.1) is 11.0 Å². The summed E-state index contributed by atoms with van der Waals surface area (Å²) in [6.07, 6.45) is 2.12. The zero-order valence-electron chi connectivity index (χ0n) is 15.9. The Kier molecular flexibility index (Phi) is 4.26. The summed E-state index contributed by atoms with van der Waals surface area (Å²) in [4.78, 5) is 10.0. The molecule has 0 aliphatic heterocycles. The average molecular weight is 403 g/mol. The van der Waals surface area contributed by atoms with Crippen LogP contribution in [-0.4, -0.2) is 14.6 Å². The first-order chi connectivity index (χ1) is 13.7. The normalized spacial score (nSPS) is 12.8. The minimum atomic E-state index is -1.41. The Morgan fingerprint density at radius 1 is 0.821 bits per heavy atom. The van der Waals surface area contributed by atoms with Gasteiger partial charge in [-0.2, -0.15) is 10.0 Å². The van der Waals surface area contributed by atoms with Crippen molar-refractivity contribution in [2.75, 3.05) is 0 Å². The highest BCUT2D eigenvalue weighted by Gasteiger charge is 2.34. The maximum atomic E-state index is 4.78. The number of thiazole rings is 1. The van der Waals surface area contributed by atoms with E-state index in [4.69, 9.17) is 4.98 Å². The maximum Gasteiger partial charge on any atom is 0.194 e. The fraction of sp³-hybridized carbons (Fsp3) is 0.125. The number of imidazole rings is 1. The molecule has 0 amide bonds. The summed E-state index contributed by atoms with van der Waals surface area (Å²) >= 11 is 1.68. The summed E-state index contributed by atoms with van der Waals surface area (Å²) in [5.41, 5.74) is 2.26. The van der Waals surface area contributed by atoms with Crippen molar-refractivity contribution < 1.29 is 0 Å². The number of hydrogen-bond donors (Lipinski definition) is 0. The Balaban J connectivity index is 1.87. The third kappa shape index (κ3) is 2.52. The molecule has 3 aromatic carbocycles. The van der Waals surface area contributed by atoms with Gasteiger partial charge in [0.2, 0.25) is 0 Å². The molecular weight excluding hydrogens is 380 g/mol. The molecule has 0 aliphatic rings. The van der Waals surface area contributed by atoms with Crippen LogP contribution in [0.3, 0.4) is 0 Å². The highest BCUT2D eigenvalue weighted by atomic mass is 32.3. The Morgan fingerprint density at radius 3 is 2.07 bits per heavy atom. The van der Waals surface area contributed by atoms with Crippen molar-refractivity contribution in [2.45, 2.75) is 33.8 Å². The molecule has 5 rings (SSSR count). The van der Waals surface area contributed by atoms with Gasteiger partial charge in [-0.3, -0.25) is 4.40 Å². The molecule has 2 aromatic heterocycles. The van der Waals surface area contributed by atoms with E-state index in [1.54, 1.807) is 11.3 Å². The second kappa shape index (κ2) is 6.80. The number of aromatic nitrogens is 2. The molecule has 2 heterocycles. The summed E-state index contributed by atoms with van der Waals surface area (Å²) in [5, 5.41) is 2.56. The van der Waals surface area contributed by atoms with E-state index in [2.05, 4.69) is 109 Å². The third-order valence-electron chi connectivity index (χ3n) is 5.32. The molecule has 140 valence electrons. The van der Waals surface area contributed by atoms with E-state index < -0.39 is 10.0 Å². The van der Waals surface area contributed by atoms with Crippen LogP contribution in [0.15, 0.2) is 105 Å². The Hall–Kier alpha value is -2.56. The van der Waals surface area contributed by atoms with E-state index in [1.165, 1.54) is 20.2 Å². The SMILES string of the molecule is CC(C)S(c1ccccc1)(c1ccccc1)c1ccc2nc3sccn3c2c1. The molecule has 0 saturated heterocycles. The van der Waals surface area contributed by atoms with Crippen LogP contribution in [0.1, 0.15) is 13.8 Å². The Bertz CT molecular complexity index is 1200. The van der Waals surface area contributed by atoms with Gasteiger partial charge in [-0.25, -0.2) is 4.98 Å². The zero-order chi connectivity index (χ0) is 19.1. The van der Waals surface area contributed by atoms with Crippen LogP contribution in [0.2, 0.25) is 0 Å². The van der Waals surface area contributed by atoms with Crippen molar-refractivity contribution in [1.82, 2.24) is 9.38 Å². The van der Waals surface area contributed by atoms with Crippen LogP contribution in [0.25, 0.3) is 16.0 Å². The van der Waals surface area contributed by atoms with Gasteiger partial charge >= 0.3 is 0 Å². The summed E-state index contributed by atoms with van der Waals surface area (Å²) in [7, 11) is -1.41. The molecule has 0 aliphatic carbocycles. The van der Waals surface area contributed by atoms with Crippen LogP contribution in [0.5, 0.6) is 0 Å². The van der Waals surface area contributed by atoms with Gasteiger partial charge in [0, 0.05) is 16.5 Å². The predicted octanol–water partition coefficient (Wildman–Crippen LogP) is 7.24. The second-order valence-corrected chi connectivity index (χ2v) is 11.7. The van der Waals surface area contributed by atoms with Crippen molar-refractivity contribution >= 4 is 37.4 Å². The van der Waals surface area contributed by atoms with Crippen molar-refractivity contribution in [3.63, 3.8) is 0 Å². The van der Waals surface area contributed by atoms with E-state index in [9.17, 15) is 0 Å². The van der Waals surface area contributed by atoms with E-state index in [0.717, 1.165) is 10.5 Å². The first-order valence-electron chi connectivity index (χ1n) is 9.49. The molecule has 0 radical (unpaired) electrons. The lowest BCUT2D eigenvalue weighted by molar-refractivity contribution is 1.05. The van der Waals surface area contributed by atoms with Crippen molar-refractivity contribution in [1.29, 1.82) is 0 Å². The lowest BCUT2D eigenvalue weighted by Gasteiger charge is -2.45. The van der Waals surface area contributed by atoms with Crippen molar-refractivity contribution in [3.8, 4) is 0 Å². The average Bonchev–Trinajstić information content (AvgIpc) is 3.31. The molecule has 5 aromatic rings. The molecule has 0 bridgehead atoms. The van der Waals surface area contributed by atoms with Crippen LogP contribution in [-0.2, 0) is 0 Å². The van der Waals surface area contributed by atoms with Crippen LogP contribution in [0, 0.1) is 0 Å². The lowest BCUT2D eigenvalue weighted by atomic mass is 10.3. The highest BCUT2D eigenvalue weighted by molar-refractivity contribution is 8.34. The molecule has 28 heavy (non-hydrogen) atoms. The van der Waals surface area contributed by atoms with Gasteiger partial charge in [0.1, 0.15) is 0 Å².